The van der Waals surface area contributed by atoms with Crippen molar-refractivity contribution in [3.63, 3.8) is 0 Å². The zero-order valence-electron chi connectivity index (χ0n) is 13.3. The lowest BCUT2D eigenvalue weighted by molar-refractivity contribution is 0.427. The average molecular weight is 383 g/mol. The molecule has 0 aliphatic rings. The second-order valence-corrected chi connectivity index (χ2v) is 8.81. The molecule has 0 radical (unpaired) electrons. The van der Waals surface area contributed by atoms with Crippen LogP contribution in [0.4, 0.5) is 5.69 Å². The zero-order chi connectivity index (χ0) is 17.5. The Morgan fingerprint density at radius 2 is 1.92 bits per heavy atom. The fourth-order valence-electron chi connectivity index (χ4n) is 2.09. The topological polar surface area (TPSA) is 72.2 Å². The Hall–Kier alpha value is -1.83. The number of nitrogens with zero attached hydrogens (tertiary/aromatic N) is 1. The summed E-state index contributed by atoms with van der Waals surface area (Å²) in [6.07, 6.45) is 0. The van der Waals surface area contributed by atoms with Gasteiger partial charge in [0, 0.05) is 10.6 Å². The molecular weight excluding hydrogens is 368 g/mol. The zero-order valence-corrected chi connectivity index (χ0v) is 15.6. The summed E-state index contributed by atoms with van der Waals surface area (Å²) in [6, 6.07) is 8.30. The van der Waals surface area contributed by atoms with E-state index in [2.05, 4.69) is 9.88 Å². The number of rotatable bonds is 4. The molecule has 1 aromatic carbocycles. The van der Waals surface area contributed by atoms with Gasteiger partial charge in [0.2, 0.25) is 0 Å². The van der Waals surface area contributed by atoms with Crippen LogP contribution in [0.25, 0.3) is 10.6 Å². The summed E-state index contributed by atoms with van der Waals surface area (Å²) in [6.45, 7) is 5.59. The van der Waals surface area contributed by atoms with Crippen molar-refractivity contribution in [2.75, 3.05) is 4.72 Å². The summed E-state index contributed by atoms with van der Waals surface area (Å²) >= 11 is 7.17. The van der Waals surface area contributed by atoms with E-state index >= 15 is 0 Å². The molecule has 0 saturated carbocycles. The fourth-order valence-corrected chi connectivity index (χ4v) is 4.66. The number of hydrogen-bond acceptors (Lipinski definition) is 5. The third kappa shape index (κ3) is 3.19. The monoisotopic (exact) mass is 382 g/mol. The second kappa shape index (κ2) is 6.23. The van der Waals surface area contributed by atoms with Crippen molar-refractivity contribution in [1.29, 1.82) is 0 Å². The van der Waals surface area contributed by atoms with Gasteiger partial charge in [0.25, 0.3) is 10.0 Å². The van der Waals surface area contributed by atoms with Gasteiger partial charge in [-0.25, -0.2) is 8.42 Å². The van der Waals surface area contributed by atoms with Gasteiger partial charge in [-0.1, -0.05) is 22.8 Å². The quantitative estimate of drug-likeness (QED) is 0.704. The molecule has 1 N–H and O–H groups in total. The van der Waals surface area contributed by atoms with Crippen LogP contribution in [0.1, 0.15) is 16.8 Å². The fraction of sp³-hybridized carbons (Fsp3) is 0.188. The molecule has 0 unspecified atom stereocenters. The first-order valence-corrected chi connectivity index (χ1v) is 9.78. The molecular formula is C16H15ClN2O3S2. The Morgan fingerprint density at radius 3 is 2.54 bits per heavy atom. The van der Waals surface area contributed by atoms with Crippen molar-refractivity contribution in [2.24, 2.45) is 0 Å². The number of benzene rings is 1. The van der Waals surface area contributed by atoms with Gasteiger partial charge in [-0.15, -0.1) is 11.3 Å². The van der Waals surface area contributed by atoms with E-state index in [0.717, 1.165) is 33.0 Å². The summed E-state index contributed by atoms with van der Waals surface area (Å²) in [5.41, 5.74) is 3.00. The molecule has 0 fully saturated rings. The predicted octanol–water partition coefficient (Wildman–Crippen LogP) is 4.78. The first-order chi connectivity index (χ1) is 11.3. The summed E-state index contributed by atoms with van der Waals surface area (Å²) in [5, 5.41) is 4.41. The molecule has 0 amide bonds. The van der Waals surface area contributed by atoms with Gasteiger partial charge in [0.15, 0.2) is 5.76 Å². The third-order valence-electron chi connectivity index (χ3n) is 3.65. The minimum absolute atomic E-state index is 0.197. The van der Waals surface area contributed by atoms with Crippen molar-refractivity contribution < 1.29 is 12.9 Å². The summed E-state index contributed by atoms with van der Waals surface area (Å²) in [5.74, 6) is 0.595. The minimum atomic E-state index is -3.69. The van der Waals surface area contributed by atoms with Gasteiger partial charge in [-0.05, 0) is 50.6 Å². The SMILES string of the molecule is Cc1ccc(NS(=O)(=O)c2ccc(-c3onc(C)c3C)s2)cc1Cl. The van der Waals surface area contributed by atoms with E-state index in [-0.39, 0.29) is 4.21 Å². The van der Waals surface area contributed by atoms with Crippen molar-refractivity contribution in [3.8, 4) is 10.6 Å². The standard InChI is InChI=1S/C16H15ClN2O3S2/c1-9-4-5-12(8-13(9)17)19-24(20,21)15-7-6-14(23-15)16-10(2)11(3)18-22-16/h4-8,19H,1-3H3. The van der Waals surface area contributed by atoms with Crippen LogP contribution in [0, 0.1) is 20.8 Å². The highest BCUT2D eigenvalue weighted by atomic mass is 35.5. The normalized spacial score (nSPS) is 11.7. The number of nitrogens with one attached hydrogen (secondary N) is 1. The molecule has 0 atom stereocenters. The number of sulfonamides is 1. The van der Waals surface area contributed by atoms with E-state index in [1.807, 2.05) is 20.8 Å². The Morgan fingerprint density at radius 1 is 1.17 bits per heavy atom. The van der Waals surface area contributed by atoms with Crippen molar-refractivity contribution in [3.05, 3.63) is 52.2 Å². The number of hydrogen-bond donors (Lipinski definition) is 1. The summed E-state index contributed by atoms with van der Waals surface area (Å²) < 4.78 is 33.1. The number of anilines is 1. The molecule has 2 aromatic heterocycles. The molecule has 0 aliphatic carbocycles. The lowest BCUT2D eigenvalue weighted by atomic mass is 10.2. The van der Waals surface area contributed by atoms with E-state index in [1.54, 1.807) is 30.3 Å². The maximum atomic E-state index is 12.5. The van der Waals surface area contributed by atoms with E-state index in [0.29, 0.717) is 16.5 Å². The van der Waals surface area contributed by atoms with E-state index < -0.39 is 10.0 Å². The Balaban J connectivity index is 1.90. The Bertz CT molecular complexity index is 1010. The third-order valence-corrected chi connectivity index (χ3v) is 7.02. The molecule has 2 heterocycles. The lowest BCUT2D eigenvalue weighted by Gasteiger charge is -2.07. The van der Waals surface area contributed by atoms with Crippen LogP contribution < -0.4 is 4.72 Å². The van der Waals surface area contributed by atoms with E-state index in [9.17, 15) is 8.42 Å². The Kier molecular flexibility index (Phi) is 4.42. The maximum Gasteiger partial charge on any atom is 0.271 e. The van der Waals surface area contributed by atoms with Crippen molar-refractivity contribution in [1.82, 2.24) is 5.16 Å². The average Bonchev–Trinajstić information content (AvgIpc) is 3.12. The predicted molar refractivity (Wildman–Crippen MR) is 96.3 cm³/mol. The van der Waals surface area contributed by atoms with Gasteiger partial charge in [0.05, 0.1) is 16.3 Å². The van der Waals surface area contributed by atoms with Gasteiger partial charge >= 0.3 is 0 Å². The van der Waals surface area contributed by atoms with Crippen molar-refractivity contribution >= 4 is 38.6 Å². The highest BCUT2D eigenvalue weighted by Gasteiger charge is 2.20. The molecule has 0 saturated heterocycles. The molecule has 24 heavy (non-hydrogen) atoms. The Labute approximate surface area is 149 Å². The van der Waals surface area contributed by atoms with Gasteiger partial charge < -0.3 is 4.52 Å². The van der Waals surface area contributed by atoms with Crippen LogP contribution in [0.15, 0.2) is 39.1 Å². The van der Waals surface area contributed by atoms with Crippen LogP contribution >= 0.6 is 22.9 Å². The van der Waals surface area contributed by atoms with E-state index in [4.69, 9.17) is 16.1 Å². The van der Waals surface area contributed by atoms with Crippen LogP contribution in [-0.2, 0) is 10.0 Å². The molecule has 3 rings (SSSR count). The molecule has 0 bridgehead atoms. The molecule has 5 nitrogen and oxygen atoms in total. The smallest absolute Gasteiger partial charge is 0.271 e. The highest BCUT2D eigenvalue weighted by molar-refractivity contribution is 7.94. The first-order valence-electron chi connectivity index (χ1n) is 7.10. The van der Waals surface area contributed by atoms with Crippen LogP contribution in [0.3, 0.4) is 0 Å². The largest absolute Gasteiger partial charge is 0.355 e. The molecule has 3 aromatic rings. The van der Waals surface area contributed by atoms with Crippen LogP contribution in [0.5, 0.6) is 0 Å². The lowest BCUT2D eigenvalue weighted by Crippen LogP contribution is -2.11. The molecule has 8 heteroatoms. The van der Waals surface area contributed by atoms with Crippen LogP contribution in [0.2, 0.25) is 5.02 Å². The summed E-state index contributed by atoms with van der Waals surface area (Å²) in [7, 11) is -3.69. The highest BCUT2D eigenvalue weighted by Crippen LogP contribution is 2.34. The van der Waals surface area contributed by atoms with Crippen molar-refractivity contribution in [2.45, 2.75) is 25.0 Å². The number of aryl methyl sites for hydroxylation is 2. The number of thiophene rings is 1. The maximum absolute atomic E-state index is 12.5. The second-order valence-electron chi connectivity index (χ2n) is 5.41. The molecule has 0 aliphatic heterocycles. The number of aromatic nitrogens is 1. The van der Waals surface area contributed by atoms with Gasteiger partial charge in [0.1, 0.15) is 4.21 Å². The summed E-state index contributed by atoms with van der Waals surface area (Å²) in [4.78, 5) is 0.718. The molecule has 0 spiro atoms. The first kappa shape index (κ1) is 17.0. The van der Waals surface area contributed by atoms with Gasteiger partial charge in [-0.3, -0.25) is 4.72 Å². The van der Waals surface area contributed by atoms with Gasteiger partial charge in [-0.2, -0.15) is 0 Å². The van der Waals surface area contributed by atoms with E-state index in [1.165, 1.54) is 0 Å². The van der Waals surface area contributed by atoms with Crippen LogP contribution in [-0.4, -0.2) is 13.6 Å². The minimum Gasteiger partial charge on any atom is -0.355 e. The molecule has 126 valence electrons. The number of halogens is 1.